The van der Waals surface area contributed by atoms with E-state index in [1.807, 2.05) is 31.2 Å². The van der Waals surface area contributed by atoms with Gasteiger partial charge in [0.15, 0.2) is 5.72 Å². The monoisotopic (exact) mass is 229 g/mol. The highest BCUT2D eigenvalue weighted by molar-refractivity contribution is 5.45. The molecular weight excluding hydrogens is 214 g/mol. The zero-order chi connectivity index (χ0) is 12.3. The zero-order valence-electron chi connectivity index (χ0n) is 9.88. The molecule has 0 aliphatic rings. The van der Waals surface area contributed by atoms with Crippen LogP contribution in [0, 0.1) is 6.92 Å². The van der Waals surface area contributed by atoms with E-state index in [2.05, 4.69) is 15.3 Å². The highest BCUT2D eigenvalue weighted by atomic mass is 16.3. The molecule has 88 valence electrons. The first-order valence-corrected chi connectivity index (χ1v) is 5.43. The van der Waals surface area contributed by atoms with Crippen LogP contribution in [0.1, 0.15) is 18.2 Å². The molecule has 0 saturated carbocycles. The Morgan fingerprint density at radius 2 is 1.88 bits per heavy atom. The molecule has 4 nitrogen and oxygen atoms in total. The number of nitrogens with zero attached hydrogens (tertiary/aromatic N) is 2. The number of rotatable bonds is 3. The molecule has 4 heteroatoms. The molecule has 1 atom stereocenters. The van der Waals surface area contributed by atoms with Crippen molar-refractivity contribution >= 4 is 5.82 Å². The smallest absolute Gasteiger partial charge is 0.177 e. The van der Waals surface area contributed by atoms with E-state index < -0.39 is 5.72 Å². The molecule has 0 aromatic carbocycles. The Morgan fingerprint density at radius 1 is 1.12 bits per heavy atom. The van der Waals surface area contributed by atoms with Gasteiger partial charge < -0.3 is 10.4 Å². The number of aromatic nitrogens is 2. The Kier molecular flexibility index (Phi) is 3.06. The summed E-state index contributed by atoms with van der Waals surface area (Å²) in [6.45, 7) is 3.59. The van der Waals surface area contributed by atoms with Crippen molar-refractivity contribution in [2.24, 2.45) is 0 Å². The standard InChI is InChI=1S/C13H15N3O/c1-10-6-5-9-15-12(10)16-13(2,17)11-7-3-4-8-14-11/h3-9,17H,1-2H3,(H,15,16). The number of aryl methyl sites for hydroxylation is 1. The highest BCUT2D eigenvalue weighted by Gasteiger charge is 2.24. The van der Waals surface area contributed by atoms with E-state index in [0.29, 0.717) is 11.5 Å². The SMILES string of the molecule is Cc1cccnc1NC(C)(O)c1ccccn1. The van der Waals surface area contributed by atoms with Crippen LogP contribution >= 0.6 is 0 Å². The van der Waals surface area contributed by atoms with Crippen LogP contribution in [0.4, 0.5) is 5.82 Å². The Morgan fingerprint density at radius 3 is 2.53 bits per heavy atom. The predicted octanol–water partition coefficient (Wildman–Crippen LogP) is 2.06. The largest absolute Gasteiger partial charge is 0.366 e. The summed E-state index contributed by atoms with van der Waals surface area (Å²) in [4.78, 5) is 8.33. The summed E-state index contributed by atoms with van der Waals surface area (Å²) < 4.78 is 0. The molecule has 2 N–H and O–H groups in total. The Bertz CT molecular complexity index is 497. The van der Waals surface area contributed by atoms with Gasteiger partial charge in [-0.3, -0.25) is 4.98 Å². The molecule has 2 aromatic heterocycles. The van der Waals surface area contributed by atoms with Crippen molar-refractivity contribution in [1.82, 2.24) is 9.97 Å². The van der Waals surface area contributed by atoms with Crippen molar-refractivity contribution in [2.75, 3.05) is 5.32 Å². The molecule has 0 bridgehead atoms. The second-order valence-electron chi connectivity index (χ2n) is 4.08. The van der Waals surface area contributed by atoms with Crippen LogP contribution in [0.25, 0.3) is 0 Å². The third kappa shape index (κ3) is 2.60. The molecule has 2 aromatic rings. The lowest BCUT2D eigenvalue weighted by molar-refractivity contribution is 0.0835. The predicted molar refractivity (Wildman–Crippen MR) is 66.4 cm³/mol. The average Bonchev–Trinajstić information content (AvgIpc) is 2.33. The van der Waals surface area contributed by atoms with Gasteiger partial charge in [0.1, 0.15) is 5.82 Å². The van der Waals surface area contributed by atoms with E-state index >= 15 is 0 Å². The van der Waals surface area contributed by atoms with E-state index in [1.165, 1.54) is 0 Å². The molecule has 2 heterocycles. The summed E-state index contributed by atoms with van der Waals surface area (Å²) in [7, 11) is 0. The first kappa shape index (κ1) is 11.5. The van der Waals surface area contributed by atoms with Gasteiger partial charge in [0.2, 0.25) is 0 Å². The van der Waals surface area contributed by atoms with E-state index in [9.17, 15) is 5.11 Å². The third-order valence-corrected chi connectivity index (χ3v) is 2.53. The first-order valence-electron chi connectivity index (χ1n) is 5.43. The van der Waals surface area contributed by atoms with Crippen molar-refractivity contribution < 1.29 is 5.11 Å². The number of pyridine rings is 2. The summed E-state index contributed by atoms with van der Waals surface area (Å²) in [5.41, 5.74) is 0.300. The van der Waals surface area contributed by atoms with Crippen molar-refractivity contribution in [3.8, 4) is 0 Å². The maximum Gasteiger partial charge on any atom is 0.177 e. The van der Waals surface area contributed by atoms with Crippen LogP contribution in [0.3, 0.4) is 0 Å². The van der Waals surface area contributed by atoms with Crippen molar-refractivity contribution in [2.45, 2.75) is 19.6 Å². The number of anilines is 1. The molecule has 0 radical (unpaired) electrons. The maximum atomic E-state index is 10.4. The van der Waals surface area contributed by atoms with E-state index in [4.69, 9.17) is 0 Å². The molecular formula is C13H15N3O. The summed E-state index contributed by atoms with van der Waals surface area (Å²) in [6, 6.07) is 9.21. The highest BCUT2D eigenvalue weighted by Crippen LogP contribution is 2.21. The minimum Gasteiger partial charge on any atom is -0.366 e. The fraction of sp³-hybridized carbons (Fsp3) is 0.231. The van der Waals surface area contributed by atoms with Crippen molar-refractivity contribution in [1.29, 1.82) is 0 Å². The topological polar surface area (TPSA) is 58.0 Å². The molecule has 0 spiro atoms. The molecule has 0 amide bonds. The van der Waals surface area contributed by atoms with Crippen LogP contribution < -0.4 is 5.32 Å². The van der Waals surface area contributed by atoms with Crippen LogP contribution in [0.15, 0.2) is 42.7 Å². The zero-order valence-corrected chi connectivity index (χ0v) is 9.88. The quantitative estimate of drug-likeness (QED) is 0.791. The first-order chi connectivity index (χ1) is 8.09. The molecule has 0 aliphatic heterocycles. The van der Waals surface area contributed by atoms with Crippen LogP contribution in [0.2, 0.25) is 0 Å². The van der Waals surface area contributed by atoms with Gasteiger partial charge in [-0.15, -0.1) is 0 Å². The van der Waals surface area contributed by atoms with Gasteiger partial charge in [-0.05, 0) is 37.6 Å². The normalized spacial score (nSPS) is 14.1. The summed E-state index contributed by atoms with van der Waals surface area (Å²) in [5, 5.41) is 13.3. The fourth-order valence-corrected chi connectivity index (χ4v) is 1.56. The average molecular weight is 229 g/mol. The van der Waals surface area contributed by atoms with Gasteiger partial charge in [-0.1, -0.05) is 12.1 Å². The Labute approximate surface area is 100 Å². The van der Waals surface area contributed by atoms with Gasteiger partial charge >= 0.3 is 0 Å². The molecule has 1 unspecified atom stereocenters. The van der Waals surface area contributed by atoms with Crippen LogP contribution in [0.5, 0.6) is 0 Å². The summed E-state index contributed by atoms with van der Waals surface area (Å²) in [6.07, 6.45) is 3.33. The van der Waals surface area contributed by atoms with Crippen molar-refractivity contribution in [3.63, 3.8) is 0 Å². The van der Waals surface area contributed by atoms with E-state index in [1.54, 1.807) is 25.4 Å². The van der Waals surface area contributed by atoms with Crippen LogP contribution in [-0.2, 0) is 5.72 Å². The lowest BCUT2D eigenvalue weighted by Gasteiger charge is -2.25. The van der Waals surface area contributed by atoms with E-state index in [-0.39, 0.29) is 0 Å². The molecule has 2 rings (SSSR count). The lowest BCUT2D eigenvalue weighted by Crippen LogP contribution is -2.33. The minimum absolute atomic E-state index is 0.560. The van der Waals surface area contributed by atoms with Gasteiger partial charge in [0, 0.05) is 12.4 Å². The third-order valence-electron chi connectivity index (χ3n) is 2.53. The molecule has 0 aliphatic carbocycles. The maximum absolute atomic E-state index is 10.4. The van der Waals surface area contributed by atoms with Gasteiger partial charge in [-0.2, -0.15) is 0 Å². The summed E-state index contributed by atoms with van der Waals surface area (Å²) in [5.74, 6) is 0.656. The molecule has 17 heavy (non-hydrogen) atoms. The minimum atomic E-state index is -1.24. The van der Waals surface area contributed by atoms with Gasteiger partial charge in [-0.25, -0.2) is 4.98 Å². The molecule has 0 fully saturated rings. The molecule has 0 saturated heterocycles. The lowest BCUT2D eigenvalue weighted by atomic mass is 10.1. The van der Waals surface area contributed by atoms with Crippen LogP contribution in [-0.4, -0.2) is 15.1 Å². The number of hydrogen-bond donors (Lipinski definition) is 2. The van der Waals surface area contributed by atoms with Gasteiger partial charge in [0.25, 0.3) is 0 Å². The number of hydrogen-bond acceptors (Lipinski definition) is 4. The second-order valence-corrected chi connectivity index (χ2v) is 4.08. The van der Waals surface area contributed by atoms with E-state index in [0.717, 1.165) is 5.56 Å². The summed E-state index contributed by atoms with van der Waals surface area (Å²) >= 11 is 0. The van der Waals surface area contributed by atoms with Crippen molar-refractivity contribution in [3.05, 3.63) is 54.0 Å². The Balaban J connectivity index is 2.27. The number of nitrogens with one attached hydrogen (secondary N) is 1. The van der Waals surface area contributed by atoms with Gasteiger partial charge in [0.05, 0.1) is 5.69 Å². The fourth-order valence-electron chi connectivity index (χ4n) is 1.56. The number of aliphatic hydroxyl groups is 1. The second kappa shape index (κ2) is 4.51. The Hall–Kier alpha value is -1.94.